The van der Waals surface area contributed by atoms with E-state index < -0.39 is 0 Å². The largest absolute Gasteiger partial charge is 0.391 e. The van der Waals surface area contributed by atoms with Crippen LogP contribution < -0.4 is 0 Å². The molecule has 1 aliphatic carbocycles. The van der Waals surface area contributed by atoms with Gasteiger partial charge in [0, 0.05) is 18.8 Å². The molecule has 1 N–H and O–H groups in total. The summed E-state index contributed by atoms with van der Waals surface area (Å²) < 4.78 is 2.17. The fourth-order valence-electron chi connectivity index (χ4n) is 2.31. The van der Waals surface area contributed by atoms with Crippen molar-refractivity contribution in [3.63, 3.8) is 0 Å². The predicted octanol–water partition coefficient (Wildman–Crippen LogP) is 1.92. The van der Waals surface area contributed by atoms with Crippen LogP contribution in [0.1, 0.15) is 44.5 Å². The van der Waals surface area contributed by atoms with Gasteiger partial charge >= 0.3 is 0 Å². The van der Waals surface area contributed by atoms with Gasteiger partial charge in [-0.15, -0.1) is 0 Å². The van der Waals surface area contributed by atoms with Crippen LogP contribution in [0.5, 0.6) is 0 Å². The summed E-state index contributed by atoms with van der Waals surface area (Å²) in [6.07, 6.45) is 8.97. The van der Waals surface area contributed by atoms with Crippen molar-refractivity contribution in [1.29, 1.82) is 0 Å². The van der Waals surface area contributed by atoms with Gasteiger partial charge in [0.2, 0.25) is 0 Å². The monoisotopic (exact) mass is 194 g/mol. The zero-order valence-electron chi connectivity index (χ0n) is 8.69. The summed E-state index contributed by atoms with van der Waals surface area (Å²) in [5.41, 5.74) is 0. The van der Waals surface area contributed by atoms with E-state index in [1.165, 1.54) is 0 Å². The molecule has 0 spiro atoms. The molecule has 0 unspecified atom stereocenters. The summed E-state index contributed by atoms with van der Waals surface area (Å²) in [4.78, 5) is 4.34. The molecule has 3 heteroatoms. The second-order valence-corrected chi connectivity index (χ2v) is 4.07. The Kier molecular flexibility index (Phi) is 2.87. The van der Waals surface area contributed by atoms with E-state index in [2.05, 4.69) is 16.5 Å². The molecule has 3 nitrogen and oxygen atoms in total. The minimum absolute atomic E-state index is 0.167. The number of aryl methyl sites for hydroxylation is 1. The van der Waals surface area contributed by atoms with E-state index in [-0.39, 0.29) is 12.1 Å². The van der Waals surface area contributed by atoms with Crippen molar-refractivity contribution in [1.82, 2.24) is 9.55 Å². The van der Waals surface area contributed by atoms with Crippen molar-refractivity contribution >= 4 is 0 Å². The van der Waals surface area contributed by atoms with Gasteiger partial charge in [-0.05, 0) is 25.7 Å². The van der Waals surface area contributed by atoms with Gasteiger partial charge in [-0.3, -0.25) is 0 Å². The first-order chi connectivity index (χ1) is 6.83. The van der Waals surface area contributed by atoms with Crippen molar-refractivity contribution in [2.24, 2.45) is 0 Å². The normalized spacial score (nSPS) is 27.0. The first-order valence-corrected chi connectivity index (χ1v) is 5.52. The number of hydrogen-bond donors (Lipinski definition) is 1. The minimum Gasteiger partial charge on any atom is -0.391 e. The van der Waals surface area contributed by atoms with Crippen LogP contribution >= 0.6 is 0 Å². The highest BCUT2D eigenvalue weighted by atomic mass is 16.3. The molecular weight excluding hydrogens is 176 g/mol. The van der Waals surface area contributed by atoms with Gasteiger partial charge in [-0.25, -0.2) is 4.98 Å². The molecule has 1 aromatic heterocycles. The van der Waals surface area contributed by atoms with Crippen LogP contribution in [-0.4, -0.2) is 20.8 Å². The van der Waals surface area contributed by atoms with E-state index in [1.807, 2.05) is 12.4 Å². The van der Waals surface area contributed by atoms with Gasteiger partial charge in [0.15, 0.2) is 0 Å². The molecule has 1 heterocycles. The number of aliphatic hydroxyl groups excluding tert-OH is 1. The highest BCUT2D eigenvalue weighted by molar-refractivity contribution is 4.98. The molecule has 1 aliphatic rings. The third-order valence-electron chi connectivity index (χ3n) is 3.02. The standard InChI is InChI=1S/C11H18N2O/c1-2-4-11-12-7-8-13(11)9-5-3-6-10(9)14/h7-10,14H,2-6H2,1H3/t9-,10-/m1/s1. The molecule has 14 heavy (non-hydrogen) atoms. The van der Waals surface area contributed by atoms with Crippen LogP contribution in [-0.2, 0) is 6.42 Å². The Hall–Kier alpha value is -0.830. The summed E-state index contributed by atoms with van der Waals surface area (Å²) in [5.74, 6) is 1.12. The van der Waals surface area contributed by atoms with Gasteiger partial charge in [0.25, 0.3) is 0 Å². The number of imidazole rings is 1. The van der Waals surface area contributed by atoms with E-state index >= 15 is 0 Å². The number of rotatable bonds is 3. The maximum atomic E-state index is 9.80. The Morgan fingerprint density at radius 1 is 1.57 bits per heavy atom. The highest BCUT2D eigenvalue weighted by Gasteiger charge is 2.27. The van der Waals surface area contributed by atoms with E-state index in [1.54, 1.807) is 0 Å². The van der Waals surface area contributed by atoms with Crippen LogP contribution in [0.25, 0.3) is 0 Å². The van der Waals surface area contributed by atoms with Crippen molar-refractivity contribution in [2.75, 3.05) is 0 Å². The Morgan fingerprint density at radius 3 is 3.07 bits per heavy atom. The number of nitrogens with zero attached hydrogens (tertiary/aromatic N) is 2. The summed E-state index contributed by atoms with van der Waals surface area (Å²) in [5, 5.41) is 9.80. The molecule has 0 radical (unpaired) electrons. The molecule has 0 saturated heterocycles. The number of aliphatic hydroxyl groups is 1. The molecule has 1 aromatic rings. The van der Waals surface area contributed by atoms with Gasteiger partial charge in [0.1, 0.15) is 5.82 Å². The second kappa shape index (κ2) is 4.13. The maximum Gasteiger partial charge on any atom is 0.108 e. The molecule has 78 valence electrons. The Morgan fingerprint density at radius 2 is 2.43 bits per heavy atom. The molecule has 2 atom stereocenters. The van der Waals surface area contributed by atoms with Gasteiger partial charge in [-0.2, -0.15) is 0 Å². The van der Waals surface area contributed by atoms with Crippen LogP contribution in [0.4, 0.5) is 0 Å². The quantitative estimate of drug-likeness (QED) is 0.798. The first kappa shape index (κ1) is 9.71. The molecule has 0 amide bonds. The molecule has 2 rings (SSSR count). The lowest BCUT2D eigenvalue weighted by molar-refractivity contribution is 0.135. The molecule has 0 aromatic carbocycles. The lowest BCUT2D eigenvalue weighted by Crippen LogP contribution is -2.19. The van der Waals surface area contributed by atoms with E-state index in [4.69, 9.17) is 0 Å². The molecule has 0 bridgehead atoms. The Labute approximate surface area is 84.8 Å². The fourth-order valence-corrected chi connectivity index (χ4v) is 2.31. The summed E-state index contributed by atoms with van der Waals surface area (Å²) in [7, 11) is 0. The van der Waals surface area contributed by atoms with Crippen LogP contribution in [0.15, 0.2) is 12.4 Å². The van der Waals surface area contributed by atoms with E-state index in [0.717, 1.165) is 37.9 Å². The summed E-state index contributed by atoms with van der Waals surface area (Å²) in [6.45, 7) is 2.16. The molecular formula is C11H18N2O. The number of hydrogen-bond acceptors (Lipinski definition) is 2. The predicted molar refractivity (Wildman–Crippen MR) is 55.1 cm³/mol. The van der Waals surface area contributed by atoms with Crippen LogP contribution in [0.2, 0.25) is 0 Å². The minimum atomic E-state index is -0.167. The van der Waals surface area contributed by atoms with E-state index in [0.29, 0.717) is 0 Å². The smallest absolute Gasteiger partial charge is 0.108 e. The van der Waals surface area contributed by atoms with Gasteiger partial charge in [0.05, 0.1) is 12.1 Å². The lowest BCUT2D eigenvalue weighted by atomic mass is 10.2. The van der Waals surface area contributed by atoms with Crippen molar-refractivity contribution in [3.8, 4) is 0 Å². The van der Waals surface area contributed by atoms with Gasteiger partial charge in [-0.1, -0.05) is 6.92 Å². The first-order valence-electron chi connectivity index (χ1n) is 5.52. The van der Waals surface area contributed by atoms with Crippen LogP contribution in [0, 0.1) is 0 Å². The molecule has 0 aliphatic heterocycles. The summed E-state index contributed by atoms with van der Waals surface area (Å²) in [6, 6.07) is 0.277. The SMILES string of the molecule is CCCc1nccn1[C@@H]1CCC[C@H]1O. The summed E-state index contributed by atoms with van der Waals surface area (Å²) >= 11 is 0. The average molecular weight is 194 g/mol. The van der Waals surface area contributed by atoms with Crippen molar-refractivity contribution in [2.45, 2.75) is 51.2 Å². The third kappa shape index (κ3) is 1.69. The fraction of sp³-hybridized carbons (Fsp3) is 0.727. The van der Waals surface area contributed by atoms with Crippen molar-refractivity contribution in [3.05, 3.63) is 18.2 Å². The maximum absolute atomic E-state index is 9.80. The van der Waals surface area contributed by atoms with Crippen LogP contribution in [0.3, 0.4) is 0 Å². The molecule has 1 fully saturated rings. The number of aromatic nitrogens is 2. The highest BCUT2D eigenvalue weighted by Crippen LogP contribution is 2.30. The Bertz CT molecular complexity index is 295. The van der Waals surface area contributed by atoms with Gasteiger partial charge < -0.3 is 9.67 Å². The Balaban J connectivity index is 2.17. The second-order valence-electron chi connectivity index (χ2n) is 4.07. The molecule has 1 saturated carbocycles. The van der Waals surface area contributed by atoms with Crippen molar-refractivity contribution < 1.29 is 5.11 Å². The lowest BCUT2D eigenvalue weighted by Gasteiger charge is -2.18. The zero-order valence-corrected chi connectivity index (χ0v) is 8.69. The topological polar surface area (TPSA) is 38.0 Å². The van der Waals surface area contributed by atoms with E-state index in [9.17, 15) is 5.11 Å². The zero-order chi connectivity index (χ0) is 9.97. The third-order valence-corrected chi connectivity index (χ3v) is 3.02. The average Bonchev–Trinajstić information content (AvgIpc) is 2.74.